The van der Waals surface area contributed by atoms with E-state index in [-0.39, 0.29) is 40.9 Å². The summed E-state index contributed by atoms with van der Waals surface area (Å²) in [5.74, 6) is -2.30. The summed E-state index contributed by atoms with van der Waals surface area (Å²) in [7, 11) is -9.53. The number of nitrogens with one attached hydrogen (secondary N) is 1. The van der Waals surface area contributed by atoms with Crippen LogP contribution in [-0.4, -0.2) is 54.6 Å². The molecule has 1 aromatic rings. The van der Waals surface area contributed by atoms with E-state index in [1.807, 2.05) is 5.32 Å². The molecule has 2 unspecified atom stereocenters. The number of amides is 2. The second-order valence-corrected chi connectivity index (χ2v) is 7.55. The van der Waals surface area contributed by atoms with Crippen LogP contribution in [0.15, 0.2) is 30.3 Å². The van der Waals surface area contributed by atoms with Crippen LogP contribution in [0.5, 0.6) is 0 Å². The van der Waals surface area contributed by atoms with Crippen LogP contribution < -0.4 is 34.9 Å². The van der Waals surface area contributed by atoms with Gasteiger partial charge < -0.3 is 6.74 Å². The summed E-state index contributed by atoms with van der Waals surface area (Å²) in [6.45, 7) is -0.531. The number of carbonyl (C=O) groups excluding carboxylic acids is 2. The molecule has 2 amide bonds. The Morgan fingerprint density at radius 3 is 2.17 bits per heavy atom. The summed E-state index contributed by atoms with van der Waals surface area (Å²) >= 11 is 0. The maximum absolute atomic E-state index is 12.1. The molecule has 1 fully saturated rings. The van der Waals surface area contributed by atoms with Crippen molar-refractivity contribution >= 4 is 32.2 Å². The van der Waals surface area contributed by atoms with Crippen molar-refractivity contribution in [3.63, 3.8) is 0 Å². The van der Waals surface area contributed by atoms with E-state index in [1.165, 1.54) is 24.3 Å². The van der Waals surface area contributed by atoms with Gasteiger partial charge in [0.25, 0.3) is 16.0 Å². The third-order valence-electron chi connectivity index (χ3n) is 3.13. The van der Waals surface area contributed by atoms with Crippen LogP contribution in [-0.2, 0) is 30.0 Å². The van der Waals surface area contributed by atoms with E-state index in [2.05, 4.69) is 0 Å². The molecule has 0 bridgehead atoms. The van der Waals surface area contributed by atoms with E-state index in [4.69, 9.17) is 4.55 Å². The normalized spacial score (nSPS) is 19.0. The molecule has 0 radical (unpaired) electrons. The Kier molecular flexibility index (Phi) is 6.55. The molecular formula is C11H13N2NaO8S2. The molecule has 0 spiro atoms. The van der Waals surface area contributed by atoms with Gasteiger partial charge in [-0.25, -0.2) is 4.31 Å². The van der Waals surface area contributed by atoms with Crippen molar-refractivity contribution in [1.82, 2.24) is 9.62 Å². The quantitative estimate of drug-likeness (QED) is 0.261. The predicted octanol–water partition coefficient (Wildman–Crippen LogP) is -4.14. The summed E-state index contributed by atoms with van der Waals surface area (Å²) in [4.78, 5) is 23.6. The van der Waals surface area contributed by atoms with Gasteiger partial charge in [0.05, 0.1) is 6.54 Å². The van der Waals surface area contributed by atoms with Crippen molar-refractivity contribution in [1.29, 1.82) is 0 Å². The van der Waals surface area contributed by atoms with Crippen LogP contribution in [0.2, 0.25) is 0 Å². The number of hydrogen-bond acceptors (Lipinski definition) is 6. The maximum Gasteiger partial charge on any atom is 1.00 e. The zero-order valence-corrected chi connectivity index (χ0v) is 16.0. The van der Waals surface area contributed by atoms with Crippen LogP contribution in [0, 0.1) is 0 Å². The minimum atomic E-state index is -4.81. The van der Waals surface area contributed by atoms with Gasteiger partial charge >= 0.3 is 39.9 Å². The van der Waals surface area contributed by atoms with Crippen LogP contribution in [0.4, 0.5) is 0 Å². The molecule has 1 aliphatic rings. The Bertz CT molecular complexity index is 846. The summed E-state index contributed by atoms with van der Waals surface area (Å²) < 4.78 is 62.5. The van der Waals surface area contributed by atoms with Gasteiger partial charge in [0.2, 0.25) is 5.91 Å². The largest absolute Gasteiger partial charge is 1.00 e. The van der Waals surface area contributed by atoms with Gasteiger partial charge in [0.1, 0.15) is 6.04 Å². The predicted molar refractivity (Wildman–Crippen MR) is 77.0 cm³/mol. The van der Waals surface area contributed by atoms with Crippen molar-refractivity contribution in [3.8, 4) is 0 Å². The molecule has 1 heterocycles. The van der Waals surface area contributed by atoms with Crippen LogP contribution in [0.3, 0.4) is 0 Å². The molecule has 2 rings (SSSR count). The first-order valence-corrected chi connectivity index (χ1v) is 9.02. The van der Waals surface area contributed by atoms with E-state index in [9.17, 15) is 31.0 Å². The van der Waals surface area contributed by atoms with Crippen LogP contribution >= 0.6 is 0 Å². The van der Waals surface area contributed by atoms with Crippen LogP contribution in [0.25, 0.3) is 0 Å². The van der Waals surface area contributed by atoms with E-state index in [0.29, 0.717) is 0 Å². The molecule has 10 nitrogen and oxygen atoms in total. The molecule has 1 saturated heterocycles. The van der Waals surface area contributed by atoms with Crippen molar-refractivity contribution in [3.05, 3.63) is 35.9 Å². The maximum atomic E-state index is 12.1. The summed E-state index contributed by atoms with van der Waals surface area (Å²) in [5, 5.41) is 0.0667. The Morgan fingerprint density at radius 1 is 1.21 bits per heavy atom. The average molecular weight is 388 g/mol. The molecule has 1 aromatic carbocycles. The molecule has 2 atom stereocenters. The van der Waals surface area contributed by atoms with Crippen molar-refractivity contribution in [2.24, 2.45) is 0 Å². The third-order valence-corrected chi connectivity index (χ3v) is 5.09. The Hall–Kier alpha value is -1.02. The molecule has 0 aromatic heterocycles. The fourth-order valence-corrected chi connectivity index (χ4v) is 3.58. The summed E-state index contributed by atoms with van der Waals surface area (Å²) in [6, 6.07) is 5.76. The third kappa shape index (κ3) is 4.53. The Balaban J connectivity index is 0.00000288. The van der Waals surface area contributed by atoms with Gasteiger partial charge in [-0.3, -0.25) is 18.7 Å². The van der Waals surface area contributed by atoms with Gasteiger partial charge in [0.15, 0.2) is 5.25 Å². The standard InChI is InChI=1S/C11H12N2O8S2.Na.H/c14-10(12-8-6-13(11(8)15)23(19,20)21)9(22(16,17)18)7-4-2-1-3-5-7;;/h1-5,8-9H,6H2,(H,12,14)(H,16,17,18)(H,19,20,21);;/q;+1;-1. The zero-order chi connectivity index (χ0) is 17.4. The van der Waals surface area contributed by atoms with E-state index in [1.54, 1.807) is 6.07 Å². The van der Waals surface area contributed by atoms with Gasteiger partial charge in [-0.1, -0.05) is 30.3 Å². The first kappa shape index (κ1) is 21.0. The van der Waals surface area contributed by atoms with E-state index < -0.39 is 50.1 Å². The molecule has 128 valence electrons. The molecule has 13 heteroatoms. The molecule has 0 aliphatic carbocycles. The SMILES string of the molecule is O=C(NC1CN(S(=O)(=O)O)C1=O)C(c1ccccc1)S(=O)(=O)O.[H-].[Na+]. The van der Waals surface area contributed by atoms with Crippen molar-refractivity contribution in [2.45, 2.75) is 11.3 Å². The molecule has 1 aliphatic heterocycles. The minimum Gasteiger partial charge on any atom is -1.00 e. The topological polar surface area (TPSA) is 158 Å². The van der Waals surface area contributed by atoms with Gasteiger partial charge in [0, 0.05) is 0 Å². The monoisotopic (exact) mass is 388 g/mol. The number of β-lactam (4-membered cyclic amide) rings is 1. The van der Waals surface area contributed by atoms with Gasteiger partial charge in [-0.15, -0.1) is 0 Å². The second-order valence-electron chi connectivity index (χ2n) is 4.71. The number of hydrogen-bond donors (Lipinski definition) is 3. The average Bonchev–Trinajstić information content (AvgIpc) is 2.41. The number of nitrogens with zero attached hydrogens (tertiary/aromatic N) is 1. The second kappa shape index (κ2) is 7.47. The van der Waals surface area contributed by atoms with Crippen molar-refractivity contribution in [2.75, 3.05) is 6.54 Å². The minimum absolute atomic E-state index is 0. The Morgan fingerprint density at radius 2 is 1.75 bits per heavy atom. The summed E-state index contributed by atoms with van der Waals surface area (Å²) in [5.41, 5.74) is -0.0223. The first-order chi connectivity index (χ1) is 10.5. The first-order valence-electron chi connectivity index (χ1n) is 6.12. The smallest absolute Gasteiger partial charge is 1.00 e. The molecular weight excluding hydrogens is 375 g/mol. The van der Waals surface area contributed by atoms with Gasteiger partial charge in [-0.05, 0) is 5.56 Å². The number of carbonyl (C=O) groups is 2. The van der Waals surface area contributed by atoms with E-state index >= 15 is 0 Å². The molecule has 0 saturated carbocycles. The van der Waals surface area contributed by atoms with Crippen molar-refractivity contribution < 1.29 is 66.5 Å². The molecule has 24 heavy (non-hydrogen) atoms. The summed E-state index contributed by atoms with van der Waals surface area (Å²) in [6.07, 6.45) is 0. The van der Waals surface area contributed by atoms with Crippen LogP contribution in [0.1, 0.15) is 12.2 Å². The zero-order valence-electron chi connectivity index (χ0n) is 13.4. The number of rotatable bonds is 5. The number of benzene rings is 1. The Labute approximate surface area is 161 Å². The molecule has 3 N–H and O–H groups in total. The fourth-order valence-electron chi connectivity index (χ4n) is 2.04. The van der Waals surface area contributed by atoms with Gasteiger partial charge in [-0.2, -0.15) is 16.8 Å². The van der Waals surface area contributed by atoms with E-state index in [0.717, 1.165) is 0 Å². The fraction of sp³-hybridized carbons (Fsp3) is 0.273.